The molecule has 12 nitrogen and oxygen atoms in total. The fourth-order valence-corrected chi connectivity index (χ4v) is 8.50. The Hall–Kier alpha value is -6.17. The lowest BCUT2D eigenvalue weighted by Crippen LogP contribution is -2.50. The number of H-pyrrole nitrogens is 2. The van der Waals surface area contributed by atoms with E-state index in [-0.39, 0.29) is 35.7 Å². The average molecular weight is 766 g/mol. The largest absolute Gasteiger partial charge is 0.454 e. The van der Waals surface area contributed by atoms with Gasteiger partial charge < -0.3 is 34.6 Å². The fourth-order valence-electron chi connectivity index (χ4n) is 8.50. The van der Waals surface area contributed by atoms with Gasteiger partial charge in [-0.05, 0) is 113 Å². The second-order valence-corrected chi connectivity index (χ2v) is 16.8. The molecule has 4 N–H and O–H groups in total. The summed E-state index contributed by atoms with van der Waals surface area (Å²) in [5.41, 5.74) is 14.5. The Kier molecular flexibility index (Phi) is 8.82. The van der Waals surface area contributed by atoms with Crippen molar-refractivity contribution in [2.75, 3.05) is 13.6 Å². The van der Waals surface area contributed by atoms with Crippen LogP contribution >= 0.6 is 0 Å². The molecule has 5 aliphatic rings. The second-order valence-electron chi connectivity index (χ2n) is 16.8. The third-order valence-electron chi connectivity index (χ3n) is 12.0. The van der Waals surface area contributed by atoms with Gasteiger partial charge in [0.2, 0.25) is 19.5 Å². The lowest BCUT2D eigenvalue weighted by molar-refractivity contribution is -0.134. The van der Waals surface area contributed by atoms with Crippen molar-refractivity contribution in [2.45, 2.75) is 84.0 Å². The molecule has 0 atom stereocenters. The molecule has 3 fully saturated rings. The number of aryl methyl sites for hydroxylation is 2. The first-order valence-electron chi connectivity index (χ1n) is 19.6. The van der Waals surface area contributed by atoms with Gasteiger partial charge in [0.15, 0.2) is 23.0 Å². The van der Waals surface area contributed by atoms with Crippen molar-refractivity contribution < 1.29 is 23.7 Å². The summed E-state index contributed by atoms with van der Waals surface area (Å²) in [6, 6.07) is 23.9. The van der Waals surface area contributed by atoms with Gasteiger partial charge in [0, 0.05) is 38.8 Å². The van der Waals surface area contributed by atoms with Crippen LogP contribution in [0.1, 0.15) is 82.3 Å². The Balaban J connectivity index is 0.000000153. The van der Waals surface area contributed by atoms with Gasteiger partial charge in [-0.2, -0.15) is 0 Å². The molecule has 6 aromatic rings. The number of hydrogen-bond donors (Lipinski definition) is 3. The maximum absolute atomic E-state index is 12.1. The van der Waals surface area contributed by atoms with Crippen LogP contribution in [0.2, 0.25) is 0 Å². The van der Waals surface area contributed by atoms with Gasteiger partial charge in [-0.25, -0.2) is 9.97 Å². The molecule has 3 aliphatic carbocycles. The van der Waals surface area contributed by atoms with Gasteiger partial charge in [-0.3, -0.25) is 14.8 Å². The molecule has 2 aliphatic heterocycles. The third kappa shape index (κ3) is 6.66. The Morgan fingerprint density at radius 3 is 1.61 bits per heavy atom. The number of rotatable bonds is 6. The van der Waals surface area contributed by atoms with Crippen LogP contribution in [0.25, 0.3) is 45.3 Å². The SMILES string of the molecule is Cc1cccc(-c2[nH]c(C(C)(C)C)nc2-c2ccc3c(c2)OCO3)n1.Cc1cccc(-c2[nH]c(C34CCC(C(N)=O)(CC3)CC4)nc2-c2ccc3c(c2)OCO3)n1. The summed E-state index contributed by atoms with van der Waals surface area (Å²) in [5.74, 6) is 4.78. The minimum atomic E-state index is -0.324. The smallest absolute Gasteiger partial charge is 0.231 e. The van der Waals surface area contributed by atoms with Crippen LogP contribution in [0.5, 0.6) is 23.0 Å². The van der Waals surface area contributed by atoms with Crippen molar-refractivity contribution in [3.63, 3.8) is 0 Å². The Morgan fingerprint density at radius 2 is 1.12 bits per heavy atom. The number of ether oxygens (including phenoxy) is 4. The fraction of sp³-hybridized carbons (Fsp3) is 0.356. The average Bonchev–Trinajstić information content (AvgIpc) is 4.04. The summed E-state index contributed by atoms with van der Waals surface area (Å²) >= 11 is 0. The summed E-state index contributed by atoms with van der Waals surface area (Å²) in [5, 5.41) is 0. The number of imidazole rings is 2. The van der Waals surface area contributed by atoms with Gasteiger partial charge in [0.1, 0.15) is 11.6 Å². The molecule has 12 heteroatoms. The summed E-state index contributed by atoms with van der Waals surface area (Å²) in [7, 11) is 0. The molecular weight excluding hydrogens is 719 g/mol. The molecule has 57 heavy (non-hydrogen) atoms. The molecular formula is C45H47N7O5. The number of fused-ring (bicyclic) bond motifs is 5. The Labute approximate surface area is 331 Å². The number of carbonyl (C=O) groups is 1. The highest BCUT2D eigenvalue weighted by molar-refractivity contribution is 5.82. The van der Waals surface area contributed by atoms with Crippen molar-refractivity contribution in [1.29, 1.82) is 0 Å². The number of nitrogens with two attached hydrogens (primary N) is 1. The van der Waals surface area contributed by atoms with E-state index in [2.05, 4.69) is 35.7 Å². The number of primary amides is 1. The van der Waals surface area contributed by atoms with E-state index in [0.717, 1.165) is 130 Å². The molecule has 6 heterocycles. The number of hydrogen-bond acceptors (Lipinski definition) is 9. The maximum atomic E-state index is 12.1. The summed E-state index contributed by atoms with van der Waals surface area (Å²) < 4.78 is 22.0. The Morgan fingerprint density at radius 1 is 0.632 bits per heavy atom. The first kappa shape index (κ1) is 36.5. The van der Waals surface area contributed by atoms with Crippen molar-refractivity contribution in [1.82, 2.24) is 29.9 Å². The topological polar surface area (TPSA) is 163 Å². The van der Waals surface area contributed by atoms with Crippen molar-refractivity contribution in [2.24, 2.45) is 11.1 Å². The van der Waals surface area contributed by atoms with Crippen molar-refractivity contribution >= 4 is 5.91 Å². The van der Waals surface area contributed by atoms with Crippen molar-refractivity contribution in [3.05, 3.63) is 95.8 Å². The number of pyridine rings is 2. The maximum Gasteiger partial charge on any atom is 0.231 e. The second kappa shape index (κ2) is 13.8. The highest BCUT2D eigenvalue weighted by Crippen LogP contribution is 2.57. The molecule has 0 radical (unpaired) electrons. The highest BCUT2D eigenvalue weighted by atomic mass is 16.7. The van der Waals surface area contributed by atoms with Gasteiger partial charge in [-0.1, -0.05) is 32.9 Å². The molecule has 2 aromatic carbocycles. The lowest BCUT2D eigenvalue weighted by atomic mass is 9.53. The van der Waals surface area contributed by atoms with E-state index in [4.69, 9.17) is 39.6 Å². The monoisotopic (exact) mass is 765 g/mol. The molecule has 2 bridgehead atoms. The zero-order valence-corrected chi connectivity index (χ0v) is 33.0. The normalized spacial score (nSPS) is 20.3. The molecule has 4 aromatic heterocycles. The van der Waals surface area contributed by atoms with Crippen LogP contribution in [0.15, 0.2) is 72.8 Å². The van der Waals surface area contributed by atoms with Crippen LogP contribution < -0.4 is 24.7 Å². The molecule has 0 saturated heterocycles. The Bertz CT molecular complexity index is 2490. The summed E-state index contributed by atoms with van der Waals surface area (Å²) in [6.07, 6.45) is 5.27. The van der Waals surface area contributed by atoms with Gasteiger partial charge in [0.05, 0.1) is 34.2 Å². The standard InChI is InChI=1S/C25H26N4O3.C20H21N3O2/c1-15-3-2-4-17(27-15)21-20(16-5-6-18-19(13-16)32-14-31-18)28-23(29-21)25-10-7-24(8-11-25,9-12-25)22(26)30;1-12-6-5-7-14(21-12)18-17(22-19(23-18)20(2,3)4)13-8-9-15-16(10-13)25-11-24-15/h2-6,13H,7-12,14H2,1H3,(H2,26,30)(H,28,29);5-10H,11H2,1-4H3,(H,22,23). The van der Waals surface area contributed by atoms with E-state index in [1.807, 2.05) is 86.6 Å². The van der Waals surface area contributed by atoms with Crippen LogP contribution in [-0.4, -0.2) is 49.4 Å². The molecule has 292 valence electrons. The van der Waals surface area contributed by atoms with E-state index in [1.165, 1.54) is 0 Å². The van der Waals surface area contributed by atoms with Crippen LogP contribution in [0.4, 0.5) is 0 Å². The quantitative estimate of drug-likeness (QED) is 0.150. The number of benzene rings is 2. The number of amides is 1. The summed E-state index contributed by atoms with van der Waals surface area (Å²) in [4.78, 5) is 38.7. The van der Waals surface area contributed by atoms with E-state index in [9.17, 15) is 4.79 Å². The van der Waals surface area contributed by atoms with E-state index >= 15 is 0 Å². The molecule has 11 rings (SSSR count). The van der Waals surface area contributed by atoms with E-state index in [1.54, 1.807) is 0 Å². The molecule has 3 saturated carbocycles. The number of aromatic nitrogens is 6. The number of carbonyl (C=O) groups excluding carboxylic acids is 1. The molecule has 1 amide bonds. The number of aromatic amines is 2. The molecule has 0 spiro atoms. The summed E-state index contributed by atoms with van der Waals surface area (Å²) in [6.45, 7) is 10.9. The van der Waals surface area contributed by atoms with E-state index < -0.39 is 0 Å². The van der Waals surface area contributed by atoms with Gasteiger partial charge in [-0.15, -0.1) is 0 Å². The number of nitrogens with one attached hydrogen (secondary N) is 2. The van der Waals surface area contributed by atoms with Gasteiger partial charge in [0.25, 0.3) is 0 Å². The first-order chi connectivity index (χ1) is 27.4. The first-order valence-corrected chi connectivity index (χ1v) is 19.6. The number of nitrogens with zero attached hydrogens (tertiary/aromatic N) is 4. The zero-order valence-electron chi connectivity index (χ0n) is 33.0. The van der Waals surface area contributed by atoms with Crippen LogP contribution in [0.3, 0.4) is 0 Å². The van der Waals surface area contributed by atoms with Crippen molar-refractivity contribution in [3.8, 4) is 68.3 Å². The minimum Gasteiger partial charge on any atom is -0.454 e. The predicted octanol–water partition coefficient (Wildman–Crippen LogP) is 8.73. The van der Waals surface area contributed by atoms with Gasteiger partial charge >= 0.3 is 0 Å². The molecule has 0 unspecified atom stereocenters. The van der Waals surface area contributed by atoms with E-state index in [0.29, 0.717) is 0 Å². The highest BCUT2D eigenvalue weighted by Gasteiger charge is 2.53. The predicted molar refractivity (Wildman–Crippen MR) is 216 cm³/mol. The third-order valence-corrected chi connectivity index (χ3v) is 12.0. The lowest BCUT2D eigenvalue weighted by Gasteiger charge is -2.51. The zero-order chi connectivity index (χ0) is 39.5. The minimum absolute atomic E-state index is 0.0512. The van der Waals surface area contributed by atoms with Crippen LogP contribution in [0, 0.1) is 19.3 Å². The van der Waals surface area contributed by atoms with Crippen LogP contribution in [-0.2, 0) is 15.6 Å².